The van der Waals surface area contributed by atoms with Crippen LogP contribution in [0, 0.1) is 29.6 Å². The molecule has 1 saturated carbocycles. The van der Waals surface area contributed by atoms with Gasteiger partial charge >= 0.3 is 5.97 Å². The van der Waals surface area contributed by atoms with Gasteiger partial charge in [-0.25, -0.2) is 0 Å². The largest absolute Gasteiger partial charge is 0.465 e. The Kier molecular flexibility index (Phi) is 4.41. The molecule has 126 valence electrons. The average molecular weight is 333 g/mol. The van der Waals surface area contributed by atoms with Crippen molar-refractivity contribution >= 4 is 11.8 Å². The van der Waals surface area contributed by atoms with Crippen LogP contribution in [0.4, 0.5) is 0 Å². The van der Waals surface area contributed by atoms with E-state index in [0.29, 0.717) is 5.56 Å². The molecule has 1 aliphatic carbocycles. The van der Waals surface area contributed by atoms with Crippen molar-refractivity contribution in [2.45, 2.75) is 19.8 Å². The predicted octanol–water partition coefficient (Wildman–Crippen LogP) is 3.66. The Morgan fingerprint density at radius 3 is 2.32 bits per heavy atom. The van der Waals surface area contributed by atoms with E-state index in [-0.39, 0.29) is 12.4 Å². The van der Waals surface area contributed by atoms with Gasteiger partial charge in [0.25, 0.3) is 0 Å². The summed E-state index contributed by atoms with van der Waals surface area (Å²) in [5.41, 5.74) is 0.951. The van der Waals surface area contributed by atoms with Gasteiger partial charge in [0.15, 0.2) is 11.2 Å². The number of rotatable bonds is 5. The van der Waals surface area contributed by atoms with E-state index in [1.54, 1.807) is 31.2 Å². The second-order valence-corrected chi connectivity index (χ2v) is 6.30. The fourth-order valence-electron chi connectivity index (χ4n) is 3.45. The van der Waals surface area contributed by atoms with Gasteiger partial charge in [0.05, 0.1) is 18.6 Å². The molecule has 0 bridgehead atoms. The molecule has 0 aliphatic heterocycles. The number of nitrogens with zero attached hydrogens (tertiary/aromatic N) is 1. The summed E-state index contributed by atoms with van der Waals surface area (Å²) in [6.45, 7) is 3.83. The number of ketones is 1. The minimum atomic E-state index is -1.45. The number of benzene rings is 2. The molecule has 0 unspecified atom stereocenters. The minimum Gasteiger partial charge on any atom is -0.465 e. The molecule has 1 aliphatic rings. The average Bonchev–Trinajstić information content (AvgIpc) is 3.33. The zero-order valence-electron chi connectivity index (χ0n) is 14.2. The number of hydrogen-bond acceptors (Lipinski definition) is 4. The summed E-state index contributed by atoms with van der Waals surface area (Å²) < 4.78 is 5.14. The monoisotopic (exact) mass is 333 g/mol. The van der Waals surface area contributed by atoms with Crippen molar-refractivity contribution in [2.24, 2.45) is 11.3 Å². The predicted molar refractivity (Wildman–Crippen MR) is 92.9 cm³/mol. The number of ether oxygens (including phenoxy) is 1. The highest BCUT2D eigenvalue weighted by atomic mass is 16.5. The fraction of sp³-hybridized carbons (Fsp3) is 0.286. The molecule has 25 heavy (non-hydrogen) atoms. The van der Waals surface area contributed by atoms with E-state index in [0.717, 1.165) is 11.1 Å². The lowest BCUT2D eigenvalue weighted by Crippen LogP contribution is -2.23. The second-order valence-electron chi connectivity index (χ2n) is 6.30. The third kappa shape index (κ3) is 2.72. The van der Waals surface area contributed by atoms with Gasteiger partial charge in [-0.3, -0.25) is 9.59 Å². The number of Topliss-reactive ketones (excluding diaryl/α,β-unsaturated/α-hetero) is 1. The Bertz CT molecular complexity index is 836. The molecular weight excluding hydrogens is 314 g/mol. The van der Waals surface area contributed by atoms with Gasteiger partial charge < -0.3 is 4.74 Å². The van der Waals surface area contributed by atoms with Crippen LogP contribution in [-0.2, 0) is 9.53 Å². The van der Waals surface area contributed by atoms with Crippen LogP contribution < -0.4 is 0 Å². The first-order valence-electron chi connectivity index (χ1n) is 8.30. The lowest BCUT2D eigenvalue weighted by molar-refractivity contribution is -0.147. The first-order chi connectivity index (χ1) is 12.1. The van der Waals surface area contributed by atoms with Crippen LogP contribution in [0.5, 0.6) is 0 Å². The number of nitriles is 1. The molecule has 3 rings (SSSR count). The van der Waals surface area contributed by atoms with Gasteiger partial charge in [-0.15, -0.1) is 0 Å². The maximum Gasteiger partial charge on any atom is 0.327 e. The quantitative estimate of drug-likeness (QED) is 0.618. The summed E-state index contributed by atoms with van der Waals surface area (Å²) in [5, 5.41) is 9.80. The summed E-state index contributed by atoms with van der Waals surface area (Å²) >= 11 is 0. The highest BCUT2D eigenvalue weighted by molar-refractivity contribution is 6.07. The molecule has 2 aromatic rings. The standard InChI is InChI=1S/C21H19NO3/c1-3-25-20(24)21(13-22)17(15-11-9-14(2)10-12-15)18(21)19(23)16-7-5-4-6-8-16/h4-12,17-18H,3H2,1-2H3/t17-,18+,21+/m1/s1. The van der Waals surface area contributed by atoms with E-state index in [2.05, 4.69) is 6.07 Å². The van der Waals surface area contributed by atoms with Crippen molar-refractivity contribution in [3.8, 4) is 6.07 Å². The number of esters is 1. The third-order valence-corrected chi connectivity index (χ3v) is 4.78. The normalized spacial score (nSPS) is 24.2. The van der Waals surface area contributed by atoms with E-state index in [4.69, 9.17) is 4.74 Å². The number of hydrogen-bond donors (Lipinski definition) is 0. The highest BCUT2D eigenvalue weighted by Gasteiger charge is 2.75. The summed E-state index contributed by atoms with van der Waals surface area (Å²) in [7, 11) is 0. The Balaban J connectivity index is 2.04. The second kappa shape index (κ2) is 6.52. The Morgan fingerprint density at radius 2 is 1.76 bits per heavy atom. The van der Waals surface area contributed by atoms with E-state index in [9.17, 15) is 14.9 Å². The molecule has 0 spiro atoms. The Hall–Kier alpha value is -2.93. The number of aryl methyl sites for hydroxylation is 1. The molecule has 4 heteroatoms. The van der Waals surface area contributed by atoms with Crippen molar-refractivity contribution < 1.29 is 14.3 Å². The molecule has 0 saturated heterocycles. The summed E-state index contributed by atoms with van der Waals surface area (Å²) in [4.78, 5) is 25.5. The molecule has 0 amide bonds. The summed E-state index contributed by atoms with van der Waals surface area (Å²) in [5.74, 6) is -2.01. The topological polar surface area (TPSA) is 67.2 Å². The van der Waals surface area contributed by atoms with E-state index >= 15 is 0 Å². The molecule has 4 nitrogen and oxygen atoms in total. The van der Waals surface area contributed by atoms with Crippen LogP contribution >= 0.6 is 0 Å². The van der Waals surface area contributed by atoms with Gasteiger partial charge in [-0.2, -0.15) is 5.26 Å². The smallest absolute Gasteiger partial charge is 0.327 e. The van der Waals surface area contributed by atoms with Gasteiger partial charge in [-0.1, -0.05) is 60.2 Å². The molecule has 3 atom stereocenters. The lowest BCUT2D eigenvalue weighted by Gasteiger charge is -2.08. The SMILES string of the molecule is CCOC(=O)[C@]1(C#N)[C@H](C(=O)c2ccccc2)[C@H]1c1ccc(C)cc1. The first kappa shape index (κ1) is 16.9. The zero-order chi connectivity index (χ0) is 18.0. The third-order valence-electron chi connectivity index (χ3n) is 4.78. The van der Waals surface area contributed by atoms with Crippen LogP contribution in [0.15, 0.2) is 54.6 Å². The maximum atomic E-state index is 13.0. The number of carbonyl (C=O) groups is 2. The van der Waals surface area contributed by atoms with Crippen molar-refractivity contribution in [2.75, 3.05) is 6.61 Å². The van der Waals surface area contributed by atoms with Crippen LogP contribution in [0.2, 0.25) is 0 Å². The zero-order valence-corrected chi connectivity index (χ0v) is 14.2. The van der Waals surface area contributed by atoms with Crippen LogP contribution in [0.25, 0.3) is 0 Å². The van der Waals surface area contributed by atoms with E-state index in [1.165, 1.54) is 0 Å². The van der Waals surface area contributed by atoms with Crippen molar-refractivity contribution in [3.63, 3.8) is 0 Å². The molecule has 2 aromatic carbocycles. The molecule has 0 N–H and O–H groups in total. The molecule has 0 aromatic heterocycles. The van der Waals surface area contributed by atoms with Crippen molar-refractivity contribution in [1.82, 2.24) is 0 Å². The van der Waals surface area contributed by atoms with Gasteiger partial charge in [0.1, 0.15) is 0 Å². The molecule has 0 heterocycles. The lowest BCUT2D eigenvalue weighted by atomic mass is 9.98. The summed E-state index contributed by atoms with van der Waals surface area (Å²) in [6.07, 6.45) is 0. The highest BCUT2D eigenvalue weighted by Crippen LogP contribution is 2.66. The van der Waals surface area contributed by atoms with Crippen molar-refractivity contribution in [1.29, 1.82) is 5.26 Å². The Morgan fingerprint density at radius 1 is 1.12 bits per heavy atom. The number of carbonyl (C=O) groups excluding carboxylic acids is 2. The first-order valence-corrected chi connectivity index (χ1v) is 8.30. The van der Waals surface area contributed by atoms with Crippen LogP contribution in [0.1, 0.15) is 34.3 Å². The van der Waals surface area contributed by atoms with E-state index < -0.39 is 23.2 Å². The molecular formula is C21H19NO3. The van der Waals surface area contributed by atoms with Gasteiger partial charge in [0, 0.05) is 11.5 Å². The van der Waals surface area contributed by atoms with Gasteiger partial charge in [-0.05, 0) is 19.4 Å². The van der Waals surface area contributed by atoms with E-state index in [1.807, 2.05) is 37.3 Å². The summed E-state index contributed by atoms with van der Waals surface area (Å²) in [6, 6.07) is 18.5. The Labute approximate surface area is 147 Å². The minimum absolute atomic E-state index is 0.176. The molecule has 0 radical (unpaired) electrons. The maximum absolute atomic E-state index is 13.0. The fourth-order valence-corrected chi connectivity index (χ4v) is 3.45. The van der Waals surface area contributed by atoms with Gasteiger partial charge in [0.2, 0.25) is 0 Å². The van der Waals surface area contributed by atoms with Crippen molar-refractivity contribution in [3.05, 3.63) is 71.3 Å². The van der Waals surface area contributed by atoms with Crippen LogP contribution in [-0.4, -0.2) is 18.4 Å². The van der Waals surface area contributed by atoms with Crippen LogP contribution in [0.3, 0.4) is 0 Å². The molecule has 1 fully saturated rings.